The van der Waals surface area contributed by atoms with Crippen molar-refractivity contribution in [1.29, 1.82) is 0 Å². The number of anilines is 1. The van der Waals surface area contributed by atoms with Crippen molar-refractivity contribution in [1.82, 2.24) is 10.3 Å². The molecule has 27 heavy (non-hydrogen) atoms. The Bertz CT molecular complexity index is 990. The summed E-state index contributed by atoms with van der Waals surface area (Å²) in [6, 6.07) is 15.0. The van der Waals surface area contributed by atoms with Crippen molar-refractivity contribution in [2.75, 3.05) is 11.9 Å². The summed E-state index contributed by atoms with van der Waals surface area (Å²) in [6.45, 7) is 0.671. The number of rotatable bonds is 5. The Balaban J connectivity index is 1.55. The first-order chi connectivity index (χ1) is 13.2. The molecular weight excluding hydrogens is 338 g/mol. The van der Waals surface area contributed by atoms with Crippen molar-refractivity contribution in [3.05, 3.63) is 72.1 Å². The van der Waals surface area contributed by atoms with Crippen LogP contribution in [-0.4, -0.2) is 23.3 Å². The summed E-state index contributed by atoms with van der Waals surface area (Å²) in [7, 11) is 0. The van der Waals surface area contributed by atoms with E-state index in [1.807, 2.05) is 36.4 Å². The molecule has 1 aromatic heterocycles. The van der Waals surface area contributed by atoms with Gasteiger partial charge in [-0.25, -0.2) is 0 Å². The fourth-order valence-electron chi connectivity index (χ4n) is 3.33. The SMILES string of the molecule is O=C(NCC1CCC1)c1cnccc1NC(=O)c1cccc2ccccc12. The Morgan fingerprint density at radius 1 is 0.963 bits per heavy atom. The molecule has 4 rings (SSSR count). The maximum absolute atomic E-state index is 12.9. The Hall–Kier alpha value is -3.21. The second-order valence-corrected chi connectivity index (χ2v) is 6.91. The summed E-state index contributed by atoms with van der Waals surface area (Å²) >= 11 is 0. The zero-order valence-corrected chi connectivity index (χ0v) is 14.9. The minimum Gasteiger partial charge on any atom is -0.352 e. The van der Waals surface area contributed by atoms with Crippen LogP contribution in [0.3, 0.4) is 0 Å². The third-order valence-electron chi connectivity index (χ3n) is 5.12. The Labute approximate surface area is 157 Å². The van der Waals surface area contributed by atoms with Gasteiger partial charge in [0.05, 0.1) is 11.3 Å². The molecule has 0 atom stereocenters. The summed E-state index contributed by atoms with van der Waals surface area (Å²) in [5.41, 5.74) is 1.42. The summed E-state index contributed by atoms with van der Waals surface area (Å²) in [4.78, 5) is 29.4. The van der Waals surface area contributed by atoms with Crippen LogP contribution in [0.15, 0.2) is 60.9 Å². The van der Waals surface area contributed by atoms with E-state index >= 15 is 0 Å². The lowest BCUT2D eigenvalue weighted by atomic mass is 9.85. The van der Waals surface area contributed by atoms with Crippen LogP contribution in [0.1, 0.15) is 40.0 Å². The maximum atomic E-state index is 12.9. The smallest absolute Gasteiger partial charge is 0.256 e. The number of nitrogens with one attached hydrogen (secondary N) is 2. The van der Waals surface area contributed by atoms with Gasteiger partial charge in [0.2, 0.25) is 0 Å². The number of carbonyl (C=O) groups excluding carboxylic acids is 2. The predicted octanol–water partition coefficient (Wildman–Crippen LogP) is 4.02. The average Bonchev–Trinajstić information content (AvgIpc) is 2.66. The van der Waals surface area contributed by atoms with Crippen molar-refractivity contribution >= 4 is 28.3 Å². The lowest BCUT2D eigenvalue weighted by molar-refractivity contribution is 0.0939. The van der Waals surface area contributed by atoms with Crippen LogP contribution in [0.5, 0.6) is 0 Å². The fourth-order valence-corrected chi connectivity index (χ4v) is 3.33. The van der Waals surface area contributed by atoms with Crippen molar-refractivity contribution in [3.63, 3.8) is 0 Å². The number of nitrogens with zero attached hydrogens (tertiary/aromatic N) is 1. The largest absolute Gasteiger partial charge is 0.352 e. The highest BCUT2D eigenvalue weighted by atomic mass is 16.2. The van der Waals surface area contributed by atoms with Crippen LogP contribution in [0.2, 0.25) is 0 Å². The van der Waals surface area contributed by atoms with E-state index < -0.39 is 0 Å². The van der Waals surface area contributed by atoms with E-state index in [0.717, 1.165) is 23.6 Å². The van der Waals surface area contributed by atoms with Gasteiger partial charge in [0.25, 0.3) is 11.8 Å². The number of benzene rings is 2. The van der Waals surface area contributed by atoms with Crippen molar-refractivity contribution in [2.45, 2.75) is 19.3 Å². The summed E-state index contributed by atoms with van der Waals surface area (Å²) in [5, 5.41) is 7.71. The molecular formula is C22H21N3O2. The van der Waals surface area contributed by atoms with E-state index in [1.54, 1.807) is 18.3 Å². The third kappa shape index (κ3) is 3.67. The number of fused-ring (bicyclic) bond motifs is 1. The highest BCUT2D eigenvalue weighted by Crippen LogP contribution is 2.25. The highest BCUT2D eigenvalue weighted by molar-refractivity contribution is 6.14. The van der Waals surface area contributed by atoms with E-state index in [9.17, 15) is 9.59 Å². The molecule has 0 aliphatic heterocycles. The molecule has 0 bridgehead atoms. The third-order valence-corrected chi connectivity index (χ3v) is 5.12. The molecule has 1 aliphatic carbocycles. The first kappa shape index (κ1) is 17.2. The van der Waals surface area contributed by atoms with Gasteiger partial charge in [-0.3, -0.25) is 14.6 Å². The number of amides is 2. The van der Waals surface area contributed by atoms with E-state index in [2.05, 4.69) is 15.6 Å². The molecule has 0 unspecified atom stereocenters. The summed E-state index contributed by atoms with van der Waals surface area (Å²) in [5.74, 6) is 0.119. The van der Waals surface area contributed by atoms with Gasteiger partial charge >= 0.3 is 0 Å². The normalized spacial score (nSPS) is 13.8. The van der Waals surface area contributed by atoms with Gasteiger partial charge in [-0.1, -0.05) is 42.8 Å². The molecule has 2 aromatic carbocycles. The van der Waals surface area contributed by atoms with Crippen molar-refractivity contribution in [2.24, 2.45) is 5.92 Å². The fraction of sp³-hybridized carbons (Fsp3) is 0.227. The van der Waals surface area contributed by atoms with Gasteiger partial charge in [-0.05, 0) is 41.7 Å². The van der Waals surface area contributed by atoms with Crippen LogP contribution >= 0.6 is 0 Å². The number of carbonyl (C=O) groups is 2. The Morgan fingerprint density at radius 2 is 1.78 bits per heavy atom. The monoisotopic (exact) mass is 359 g/mol. The topological polar surface area (TPSA) is 71.1 Å². The second kappa shape index (κ2) is 7.58. The molecule has 1 heterocycles. The second-order valence-electron chi connectivity index (χ2n) is 6.91. The van der Waals surface area contributed by atoms with Crippen LogP contribution in [-0.2, 0) is 0 Å². The highest BCUT2D eigenvalue weighted by Gasteiger charge is 2.20. The van der Waals surface area contributed by atoms with E-state index in [-0.39, 0.29) is 11.8 Å². The van der Waals surface area contributed by atoms with E-state index in [0.29, 0.717) is 29.3 Å². The number of hydrogen-bond acceptors (Lipinski definition) is 3. The van der Waals surface area contributed by atoms with Crippen molar-refractivity contribution < 1.29 is 9.59 Å². The van der Waals surface area contributed by atoms with E-state index in [4.69, 9.17) is 0 Å². The minimum absolute atomic E-state index is 0.205. The zero-order valence-electron chi connectivity index (χ0n) is 14.9. The van der Waals surface area contributed by atoms with Crippen LogP contribution < -0.4 is 10.6 Å². The molecule has 1 fully saturated rings. The molecule has 0 radical (unpaired) electrons. The lowest BCUT2D eigenvalue weighted by Gasteiger charge is -2.25. The standard InChI is InChI=1S/C22H21N3O2/c26-21(24-13-15-5-3-6-15)19-14-23-12-11-20(19)25-22(27)18-10-4-8-16-7-1-2-9-17(16)18/h1-2,4,7-12,14-15H,3,5-6,13H2,(H,24,26)(H,23,25,27). The lowest BCUT2D eigenvalue weighted by Crippen LogP contribution is -2.32. The van der Waals surface area contributed by atoms with Gasteiger partial charge in [0.1, 0.15) is 0 Å². The van der Waals surface area contributed by atoms with Gasteiger partial charge < -0.3 is 10.6 Å². The molecule has 5 heteroatoms. The molecule has 2 N–H and O–H groups in total. The van der Waals surface area contributed by atoms with Gasteiger partial charge in [0, 0.05) is 24.5 Å². The Morgan fingerprint density at radius 3 is 2.59 bits per heavy atom. The van der Waals surface area contributed by atoms with Crippen LogP contribution in [0, 0.1) is 5.92 Å². The summed E-state index contributed by atoms with van der Waals surface area (Å²) in [6.07, 6.45) is 6.63. The molecule has 1 saturated carbocycles. The molecule has 0 spiro atoms. The number of pyridine rings is 1. The number of aromatic nitrogens is 1. The average molecular weight is 359 g/mol. The van der Waals surface area contributed by atoms with Gasteiger partial charge in [0.15, 0.2) is 0 Å². The van der Waals surface area contributed by atoms with E-state index in [1.165, 1.54) is 12.6 Å². The van der Waals surface area contributed by atoms with Crippen LogP contribution in [0.25, 0.3) is 10.8 Å². The quantitative estimate of drug-likeness (QED) is 0.723. The molecule has 2 amide bonds. The summed E-state index contributed by atoms with van der Waals surface area (Å²) < 4.78 is 0. The molecule has 3 aromatic rings. The Kier molecular flexibility index (Phi) is 4.83. The molecule has 136 valence electrons. The minimum atomic E-state index is -0.244. The molecule has 5 nitrogen and oxygen atoms in total. The van der Waals surface area contributed by atoms with Crippen molar-refractivity contribution in [3.8, 4) is 0 Å². The van der Waals surface area contributed by atoms with Crippen LogP contribution in [0.4, 0.5) is 5.69 Å². The zero-order chi connectivity index (χ0) is 18.6. The first-order valence-electron chi connectivity index (χ1n) is 9.23. The maximum Gasteiger partial charge on any atom is 0.256 e. The first-order valence-corrected chi connectivity index (χ1v) is 9.23. The predicted molar refractivity (Wildman–Crippen MR) is 106 cm³/mol. The molecule has 0 saturated heterocycles. The molecule has 1 aliphatic rings. The van der Waals surface area contributed by atoms with Gasteiger partial charge in [-0.2, -0.15) is 0 Å². The number of hydrogen-bond donors (Lipinski definition) is 2. The van der Waals surface area contributed by atoms with Gasteiger partial charge in [-0.15, -0.1) is 0 Å².